The second-order valence-corrected chi connectivity index (χ2v) is 6.97. The normalized spacial score (nSPS) is 15.3. The van der Waals surface area contributed by atoms with Crippen molar-refractivity contribution < 1.29 is 9.47 Å². The standard InChI is InChI=1S/C18H26N4O2/c1-14(6-7-22-13-19-12-21-22)20-11-18(2,3)15-4-5-16-17(10-15)24-9-8-23-16/h4-5,10,12-14,20H,6-9,11H2,1-3H3/t14-/m1/s1. The first-order valence-corrected chi connectivity index (χ1v) is 8.50. The summed E-state index contributed by atoms with van der Waals surface area (Å²) in [5.41, 5.74) is 1.26. The van der Waals surface area contributed by atoms with E-state index in [-0.39, 0.29) is 5.41 Å². The van der Waals surface area contributed by atoms with E-state index in [1.807, 2.05) is 10.7 Å². The topological polar surface area (TPSA) is 61.2 Å². The minimum Gasteiger partial charge on any atom is -0.486 e. The quantitative estimate of drug-likeness (QED) is 0.845. The Labute approximate surface area is 143 Å². The van der Waals surface area contributed by atoms with Crippen molar-refractivity contribution in [3.63, 3.8) is 0 Å². The number of benzene rings is 1. The zero-order chi connectivity index (χ0) is 17.0. The van der Waals surface area contributed by atoms with Gasteiger partial charge in [0.1, 0.15) is 25.9 Å². The molecule has 0 radical (unpaired) electrons. The highest BCUT2D eigenvalue weighted by atomic mass is 16.6. The molecule has 0 fully saturated rings. The summed E-state index contributed by atoms with van der Waals surface area (Å²) in [6.07, 6.45) is 4.34. The Bertz CT molecular complexity index is 655. The highest BCUT2D eigenvalue weighted by molar-refractivity contribution is 5.45. The maximum Gasteiger partial charge on any atom is 0.161 e. The number of rotatable bonds is 7. The molecule has 2 heterocycles. The number of hydrogen-bond acceptors (Lipinski definition) is 5. The molecule has 130 valence electrons. The molecule has 0 aliphatic carbocycles. The minimum atomic E-state index is 0.0113. The fourth-order valence-corrected chi connectivity index (χ4v) is 2.77. The number of aromatic nitrogens is 3. The SMILES string of the molecule is C[C@H](CCn1cncn1)NCC(C)(C)c1ccc2c(c1)OCCO2. The van der Waals surface area contributed by atoms with E-state index >= 15 is 0 Å². The maximum absolute atomic E-state index is 5.70. The lowest BCUT2D eigenvalue weighted by molar-refractivity contribution is 0.171. The molecule has 0 saturated carbocycles. The van der Waals surface area contributed by atoms with E-state index in [0.717, 1.165) is 31.0 Å². The van der Waals surface area contributed by atoms with E-state index in [9.17, 15) is 0 Å². The number of nitrogens with one attached hydrogen (secondary N) is 1. The minimum absolute atomic E-state index is 0.0113. The molecule has 6 heteroatoms. The van der Waals surface area contributed by atoms with Crippen molar-refractivity contribution in [3.05, 3.63) is 36.4 Å². The Morgan fingerprint density at radius 3 is 2.79 bits per heavy atom. The number of hydrogen-bond donors (Lipinski definition) is 1. The molecular formula is C18H26N4O2. The molecule has 1 aliphatic heterocycles. The van der Waals surface area contributed by atoms with Gasteiger partial charge in [0.25, 0.3) is 0 Å². The molecule has 1 aromatic heterocycles. The van der Waals surface area contributed by atoms with Crippen LogP contribution in [0.3, 0.4) is 0 Å². The lowest BCUT2D eigenvalue weighted by atomic mass is 9.84. The van der Waals surface area contributed by atoms with Crippen molar-refractivity contribution >= 4 is 0 Å². The van der Waals surface area contributed by atoms with Gasteiger partial charge in [0, 0.05) is 24.5 Å². The van der Waals surface area contributed by atoms with Gasteiger partial charge >= 0.3 is 0 Å². The van der Waals surface area contributed by atoms with Crippen molar-refractivity contribution in [1.29, 1.82) is 0 Å². The molecular weight excluding hydrogens is 304 g/mol. The van der Waals surface area contributed by atoms with Crippen LogP contribution in [0.4, 0.5) is 0 Å². The summed E-state index contributed by atoms with van der Waals surface area (Å²) in [7, 11) is 0. The van der Waals surface area contributed by atoms with Gasteiger partial charge in [0.05, 0.1) is 0 Å². The third kappa shape index (κ3) is 4.06. The van der Waals surface area contributed by atoms with Crippen LogP contribution in [-0.2, 0) is 12.0 Å². The number of ether oxygens (including phenoxy) is 2. The predicted molar refractivity (Wildman–Crippen MR) is 92.6 cm³/mol. The zero-order valence-electron chi connectivity index (χ0n) is 14.7. The van der Waals surface area contributed by atoms with Crippen molar-refractivity contribution in [3.8, 4) is 11.5 Å². The van der Waals surface area contributed by atoms with Crippen molar-refractivity contribution in [1.82, 2.24) is 20.1 Å². The highest BCUT2D eigenvalue weighted by Crippen LogP contribution is 2.34. The molecule has 0 unspecified atom stereocenters. The second-order valence-electron chi connectivity index (χ2n) is 6.97. The van der Waals surface area contributed by atoms with E-state index < -0.39 is 0 Å². The summed E-state index contributed by atoms with van der Waals surface area (Å²) in [4.78, 5) is 3.97. The molecule has 24 heavy (non-hydrogen) atoms. The van der Waals surface area contributed by atoms with Crippen LogP contribution < -0.4 is 14.8 Å². The van der Waals surface area contributed by atoms with Crippen LogP contribution >= 0.6 is 0 Å². The first kappa shape index (κ1) is 16.8. The van der Waals surface area contributed by atoms with Crippen LogP contribution in [0.2, 0.25) is 0 Å². The molecule has 1 atom stereocenters. The third-order valence-corrected chi connectivity index (χ3v) is 4.47. The van der Waals surface area contributed by atoms with Crippen LogP contribution in [0.25, 0.3) is 0 Å². The monoisotopic (exact) mass is 330 g/mol. The van der Waals surface area contributed by atoms with Gasteiger partial charge in [-0.25, -0.2) is 4.98 Å². The first-order chi connectivity index (χ1) is 11.5. The van der Waals surface area contributed by atoms with Crippen molar-refractivity contribution in [2.75, 3.05) is 19.8 Å². The van der Waals surface area contributed by atoms with Crippen molar-refractivity contribution in [2.24, 2.45) is 0 Å². The predicted octanol–water partition coefficient (Wildman–Crippen LogP) is 2.40. The summed E-state index contributed by atoms with van der Waals surface area (Å²) in [6.45, 7) is 9.71. The molecule has 1 aliphatic rings. The van der Waals surface area contributed by atoms with Crippen molar-refractivity contribution in [2.45, 2.75) is 45.2 Å². The number of fused-ring (bicyclic) bond motifs is 1. The summed E-state index contributed by atoms with van der Waals surface area (Å²) in [6, 6.07) is 6.66. The smallest absolute Gasteiger partial charge is 0.161 e. The van der Waals surface area contributed by atoms with Crippen LogP contribution in [0.5, 0.6) is 11.5 Å². The van der Waals surface area contributed by atoms with E-state index in [1.54, 1.807) is 12.7 Å². The Hall–Kier alpha value is -2.08. The fraction of sp³-hybridized carbons (Fsp3) is 0.556. The lowest BCUT2D eigenvalue weighted by Gasteiger charge is -2.29. The largest absolute Gasteiger partial charge is 0.486 e. The summed E-state index contributed by atoms with van der Waals surface area (Å²) in [5, 5.41) is 7.77. The maximum atomic E-state index is 5.70. The van der Waals surface area contributed by atoms with Gasteiger partial charge < -0.3 is 14.8 Å². The second kappa shape index (κ2) is 7.21. The Morgan fingerprint density at radius 2 is 2.04 bits per heavy atom. The number of nitrogens with zero attached hydrogens (tertiary/aromatic N) is 3. The van der Waals surface area contributed by atoms with Gasteiger partial charge in [0.15, 0.2) is 11.5 Å². The zero-order valence-corrected chi connectivity index (χ0v) is 14.7. The first-order valence-electron chi connectivity index (χ1n) is 8.50. The molecule has 0 spiro atoms. The Morgan fingerprint density at radius 1 is 1.25 bits per heavy atom. The van der Waals surface area contributed by atoms with E-state index in [1.165, 1.54) is 5.56 Å². The molecule has 0 amide bonds. The van der Waals surface area contributed by atoms with Gasteiger partial charge in [-0.3, -0.25) is 4.68 Å². The molecule has 3 rings (SSSR count). The molecule has 0 bridgehead atoms. The van der Waals surface area contributed by atoms with E-state index in [2.05, 4.69) is 48.3 Å². The van der Waals surface area contributed by atoms with Gasteiger partial charge in [-0.1, -0.05) is 19.9 Å². The van der Waals surface area contributed by atoms with Crippen LogP contribution in [0.15, 0.2) is 30.9 Å². The fourth-order valence-electron chi connectivity index (χ4n) is 2.77. The van der Waals surface area contributed by atoms with Crippen LogP contribution in [0.1, 0.15) is 32.8 Å². The van der Waals surface area contributed by atoms with Gasteiger partial charge in [-0.2, -0.15) is 5.10 Å². The van der Waals surface area contributed by atoms with E-state index in [4.69, 9.17) is 9.47 Å². The third-order valence-electron chi connectivity index (χ3n) is 4.47. The molecule has 6 nitrogen and oxygen atoms in total. The van der Waals surface area contributed by atoms with Crippen LogP contribution in [-0.4, -0.2) is 40.6 Å². The lowest BCUT2D eigenvalue weighted by Crippen LogP contribution is -2.38. The Kier molecular flexibility index (Phi) is 5.04. The average Bonchev–Trinajstić information content (AvgIpc) is 3.11. The number of aryl methyl sites for hydroxylation is 1. The average molecular weight is 330 g/mol. The molecule has 0 saturated heterocycles. The molecule has 2 aromatic rings. The van der Waals surface area contributed by atoms with Gasteiger partial charge in [-0.05, 0) is 31.0 Å². The molecule has 1 N–H and O–H groups in total. The summed E-state index contributed by atoms with van der Waals surface area (Å²) >= 11 is 0. The molecule has 1 aromatic carbocycles. The van der Waals surface area contributed by atoms with Gasteiger partial charge in [0.2, 0.25) is 0 Å². The van der Waals surface area contributed by atoms with Gasteiger partial charge in [-0.15, -0.1) is 0 Å². The summed E-state index contributed by atoms with van der Waals surface area (Å²) < 4.78 is 13.2. The summed E-state index contributed by atoms with van der Waals surface area (Å²) in [5.74, 6) is 1.70. The van der Waals surface area contributed by atoms with E-state index in [0.29, 0.717) is 19.3 Å². The Balaban J connectivity index is 1.55. The van der Waals surface area contributed by atoms with Crippen LogP contribution in [0, 0.1) is 0 Å². The highest BCUT2D eigenvalue weighted by Gasteiger charge is 2.23.